The van der Waals surface area contributed by atoms with Crippen molar-refractivity contribution in [3.63, 3.8) is 0 Å². The van der Waals surface area contributed by atoms with Gasteiger partial charge in [-0.25, -0.2) is 8.78 Å². The van der Waals surface area contributed by atoms with Crippen molar-refractivity contribution < 1.29 is 23.1 Å². The lowest BCUT2D eigenvalue weighted by Crippen LogP contribution is -2.46. The Morgan fingerprint density at radius 1 is 1.18 bits per heavy atom. The number of carbonyl (C=O) groups excluding carboxylic acids is 2. The second kappa shape index (κ2) is 9.87. The Morgan fingerprint density at radius 2 is 1.97 bits per heavy atom. The second-order valence-electron chi connectivity index (χ2n) is 8.62. The van der Waals surface area contributed by atoms with Crippen LogP contribution in [-0.2, 0) is 0 Å². The first kappa shape index (κ1) is 23.2. The van der Waals surface area contributed by atoms with Gasteiger partial charge in [0.05, 0.1) is 18.7 Å². The van der Waals surface area contributed by atoms with Gasteiger partial charge in [-0.15, -0.1) is 0 Å². The van der Waals surface area contributed by atoms with Gasteiger partial charge in [-0.3, -0.25) is 9.59 Å². The van der Waals surface area contributed by atoms with Gasteiger partial charge in [-0.2, -0.15) is 0 Å². The smallest absolute Gasteiger partial charge is 0.263 e. The van der Waals surface area contributed by atoms with Crippen molar-refractivity contribution in [1.29, 1.82) is 0 Å². The van der Waals surface area contributed by atoms with Crippen molar-refractivity contribution in [1.82, 2.24) is 16.0 Å². The largest absolute Gasteiger partial charge is 0.491 e. The van der Waals surface area contributed by atoms with Crippen LogP contribution in [0.5, 0.6) is 5.75 Å². The molecule has 2 aromatic carbocycles. The summed E-state index contributed by atoms with van der Waals surface area (Å²) in [6, 6.07) is 13.1. The first-order valence-electron chi connectivity index (χ1n) is 11.3. The number of piperidine rings is 1. The van der Waals surface area contributed by atoms with Crippen molar-refractivity contribution in [2.75, 3.05) is 33.3 Å². The van der Waals surface area contributed by atoms with Gasteiger partial charge in [0, 0.05) is 36.6 Å². The molecule has 0 saturated carbocycles. The Morgan fingerprint density at radius 3 is 2.70 bits per heavy atom. The number of rotatable bonds is 7. The van der Waals surface area contributed by atoms with Gasteiger partial charge in [-0.1, -0.05) is 30.3 Å². The molecule has 2 amide bonds. The summed E-state index contributed by atoms with van der Waals surface area (Å²) in [4.78, 5) is 25.4. The molecule has 8 heteroatoms. The molecule has 1 fully saturated rings. The van der Waals surface area contributed by atoms with E-state index in [9.17, 15) is 18.4 Å². The highest BCUT2D eigenvalue weighted by molar-refractivity contribution is 6.02. The molecule has 33 heavy (non-hydrogen) atoms. The number of nitrogens with one attached hydrogen (secondary N) is 3. The average Bonchev–Trinajstić information content (AvgIpc) is 3.26. The molecule has 2 aliphatic heterocycles. The van der Waals surface area contributed by atoms with E-state index >= 15 is 0 Å². The Balaban J connectivity index is 1.48. The van der Waals surface area contributed by atoms with Crippen molar-refractivity contribution in [3.8, 4) is 5.75 Å². The van der Waals surface area contributed by atoms with Crippen LogP contribution in [0.1, 0.15) is 57.0 Å². The quantitative estimate of drug-likeness (QED) is 0.558. The minimum absolute atomic E-state index is 0.0838. The van der Waals surface area contributed by atoms with Gasteiger partial charge in [0.1, 0.15) is 5.75 Å². The fourth-order valence-corrected chi connectivity index (χ4v) is 4.62. The Bertz CT molecular complexity index is 1010. The van der Waals surface area contributed by atoms with Gasteiger partial charge in [0.25, 0.3) is 17.7 Å². The van der Waals surface area contributed by atoms with E-state index in [0.717, 1.165) is 11.1 Å². The maximum Gasteiger partial charge on any atom is 0.263 e. The number of hydrogen-bond acceptors (Lipinski definition) is 4. The molecule has 1 saturated heterocycles. The summed E-state index contributed by atoms with van der Waals surface area (Å²) in [5.74, 6) is -3.63. The number of halogens is 2. The Hall–Kier alpha value is -3.00. The maximum atomic E-state index is 14.0. The van der Waals surface area contributed by atoms with Crippen LogP contribution < -0.4 is 20.7 Å². The summed E-state index contributed by atoms with van der Waals surface area (Å²) < 4.78 is 33.8. The average molecular weight is 458 g/mol. The molecule has 2 atom stereocenters. The van der Waals surface area contributed by atoms with Gasteiger partial charge in [0.2, 0.25) is 0 Å². The van der Waals surface area contributed by atoms with Gasteiger partial charge >= 0.3 is 0 Å². The molecular weight excluding hydrogens is 428 g/mol. The summed E-state index contributed by atoms with van der Waals surface area (Å²) >= 11 is 0. The molecule has 176 valence electrons. The van der Waals surface area contributed by atoms with Crippen LogP contribution >= 0.6 is 0 Å². The van der Waals surface area contributed by atoms with Gasteiger partial charge in [-0.05, 0) is 43.5 Å². The van der Waals surface area contributed by atoms with Gasteiger partial charge < -0.3 is 20.7 Å². The van der Waals surface area contributed by atoms with Crippen LogP contribution in [0.15, 0.2) is 42.5 Å². The monoisotopic (exact) mass is 457 g/mol. The zero-order valence-corrected chi connectivity index (χ0v) is 18.6. The fraction of sp³-hybridized carbons (Fsp3) is 0.440. The number of carbonyl (C=O) groups is 2. The molecule has 2 aliphatic rings. The number of benzene rings is 2. The van der Waals surface area contributed by atoms with Crippen LogP contribution in [-0.4, -0.2) is 51.0 Å². The highest BCUT2D eigenvalue weighted by Gasteiger charge is 2.40. The number of ether oxygens (including phenoxy) is 1. The molecule has 3 N–H and O–H groups in total. The summed E-state index contributed by atoms with van der Waals surface area (Å²) in [7, 11) is 1.53. The first-order chi connectivity index (χ1) is 15.9. The third kappa shape index (κ3) is 5.00. The lowest BCUT2D eigenvalue weighted by molar-refractivity contribution is -0.0762. The second-order valence-corrected chi connectivity index (χ2v) is 8.62. The lowest BCUT2D eigenvalue weighted by Gasteiger charge is -2.31. The Kier molecular flexibility index (Phi) is 6.93. The third-order valence-electron chi connectivity index (χ3n) is 6.47. The van der Waals surface area contributed by atoms with E-state index in [0.29, 0.717) is 55.8 Å². The maximum absolute atomic E-state index is 14.0. The zero-order chi connectivity index (χ0) is 23.4. The van der Waals surface area contributed by atoms with E-state index < -0.39 is 11.8 Å². The minimum Gasteiger partial charge on any atom is -0.491 e. The molecule has 0 bridgehead atoms. The molecule has 4 rings (SSSR count). The predicted octanol–water partition coefficient (Wildman–Crippen LogP) is 3.33. The standard InChI is InChI=1S/C25H29F2N3O3/c1-28-24(32)20-13-17(12-19-21(14-33-22(19)20)16-6-3-2-4-7-16)23(31)30-10-5-8-18-9-11-29-15-25(18,26)27/h2-4,6-7,12-13,18,21,29H,5,8-11,14-15H2,1H3,(H,28,32)(H,30,31). The van der Waals surface area contributed by atoms with Crippen LogP contribution in [0.25, 0.3) is 0 Å². The van der Waals surface area contributed by atoms with E-state index in [-0.39, 0.29) is 24.3 Å². The van der Waals surface area contributed by atoms with E-state index in [2.05, 4.69) is 16.0 Å². The first-order valence-corrected chi connectivity index (χ1v) is 11.3. The van der Waals surface area contributed by atoms with E-state index in [4.69, 9.17) is 4.74 Å². The molecular formula is C25H29F2N3O3. The summed E-state index contributed by atoms with van der Waals surface area (Å²) in [6.45, 7) is 0.990. The molecule has 0 aromatic heterocycles. The molecule has 2 heterocycles. The highest BCUT2D eigenvalue weighted by Crippen LogP contribution is 2.41. The molecule has 6 nitrogen and oxygen atoms in total. The van der Waals surface area contributed by atoms with Crippen LogP contribution in [0, 0.1) is 5.92 Å². The number of alkyl halides is 2. The normalized spacial score (nSPS) is 21.1. The molecule has 0 radical (unpaired) electrons. The summed E-state index contributed by atoms with van der Waals surface area (Å²) in [5.41, 5.74) is 2.50. The predicted molar refractivity (Wildman–Crippen MR) is 121 cm³/mol. The number of fused-ring (bicyclic) bond motifs is 1. The van der Waals surface area contributed by atoms with E-state index in [1.165, 1.54) is 13.1 Å². The van der Waals surface area contributed by atoms with Crippen LogP contribution in [0.3, 0.4) is 0 Å². The van der Waals surface area contributed by atoms with Crippen molar-refractivity contribution in [2.24, 2.45) is 5.92 Å². The fourth-order valence-electron chi connectivity index (χ4n) is 4.62. The molecule has 0 spiro atoms. The van der Waals surface area contributed by atoms with Crippen LogP contribution in [0.2, 0.25) is 0 Å². The van der Waals surface area contributed by atoms with Crippen LogP contribution in [0.4, 0.5) is 8.78 Å². The topological polar surface area (TPSA) is 79.5 Å². The van der Waals surface area contributed by atoms with Crippen molar-refractivity contribution >= 4 is 11.8 Å². The van der Waals surface area contributed by atoms with Crippen molar-refractivity contribution in [3.05, 3.63) is 64.7 Å². The number of amides is 2. The number of hydrogen-bond donors (Lipinski definition) is 3. The summed E-state index contributed by atoms with van der Waals surface area (Å²) in [6.07, 6.45) is 1.25. The zero-order valence-electron chi connectivity index (χ0n) is 18.6. The lowest BCUT2D eigenvalue weighted by atomic mass is 9.89. The minimum atomic E-state index is -2.71. The van der Waals surface area contributed by atoms with E-state index in [1.54, 1.807) is 6.07 Å². The van der Waals surface area contributed by atoms with Crippen molar-refractivity contribution in [2.45, 2.75) is 31.1 Å². The van der Waals surface area contributed by atoms with Gasteiger partial charge in [0.15, 0.2) is 0 Å². The Labute approximate surface area is 192 Å². The molecule has 0 aliphatic carbocycles. The summed E-state index contributed by atoms with van der Waals surface area (Å²) in [5, 5.41) is 8.15. The molecule has 2 unspecified atom stereocenters. The SMILES string of the molecule is CNC(=O)c1cc(C(=O)NCCCC2CCNCC2(F)F)cc2c1OCC2c1ccccc1. The third-order valence-corrected chi connectivity index (χ3v) is 6.47. The highest BCUT2D eigenvalue weighted by atomic mass is 19.3. The van der Waals surface area contributed by atoms with E-state index in [1.807, 2.05) is 30.3 Å². The molecule has 2 aromatic rings.